The van der Waals surface area contributed by atoms with Crippen LogP contribution in [0.1, 0.15) is 29.7 Å². The molecule has 1 aliphatic rings. The third-order valence-corrected chi connectivity index (χ3v) is 3.39. The highest BCUT2D eigenvalue weighted by Crippen LogP contribution is 2.22. The average Bonchev–Trinajstić information content (AvgIpc) is 3.08. The molecule has 1 unspecified atom stereocenters. The van der Waals surface area contributed by atoms with Gasteiger partial charge in [-0.3, -0.25) is 0 Å². The largest absolute Gasteiger partial charge is 0.497 e. The fourth-order valence-electron chi connectivity index (χ4n) is 2.35. The van der Waals surface area contributed by atoms with E-state index >= 15 is 0 Å². The number of rotatable bonds is 4. The van der Waals surface area contributed by atoms with Crippen molar-refractivity contribution < 1.29 is 14.4 Å². The number of nitrogens with zero attached hydrogens (tertiary/aromatic N) is 2. The van der Waals surface area contributed by atoms with E-state index in [1.807, 2.05) is 24.3 Å². The van der Waals surface area contributed by atoms with Crippen molar-refractivity contribution in [3.8, 4) is 5.75 Å². The second-order valence-corrected chi connectivity index (χ2v) is 4.93. The number of aromatic nitrogens is 2. The summed E-state index contributed by atoms with van der Waals surface area (Å²) in [6.07, 6.45) is 0.866. The van der Waals surface area contributed by atoms with Gasteiger partial charge < -0.3 is 19.7 Å². The Kier molecular flexibility index (Phi) is 3.66. The van der Waals surface area contributed by atoms with E-state index in [0.29, 0.717) is 31.1 Å². The van der Waals surface area contributed by atoms with Crippen LogP contribution in [0.15, 0.2) is 28.8 Å². The summed E-state index contributed by atoms with van der Waals surface area (Å²) >= 11 is 0. The SMILES string of the molecule is COc1cccc(Cc2noc([C@@H]3CC(O)CN3)n2)c1. The minimum atomic E-state index is -0.339. The molecule has 1 fully saturated rings. The third kappa shape index (κ3) is 2.81. The van der Waals surface area contributed by atoms with Crippen molar-refractivity contribution in [3.63, 3.8) is 0 Å². The van der Waals surface area contributed by atoms with E-state index in [4.69, 9.17) is 9.26 Å². The first-order chi connectivity index (χ1) is 9.74. The standard InChI is InChI=1S/C14H17N3O3/c1-19-11-4-2-3-9(5-11)6-13-16-14(20-17-13)12-7-10(18)8-15-12/h2-5,10,12,15,18H,6-8H2,1H3/t10?,12-/m0/s1. The van der Waals surface area contributed by atoms with E-state index in [2.05, 4.69) is 15.5 Å². The molecule has 2 aromatic rings. The Morgan fingerprint density at radius 2 is 2.40 bits per heavy atom. The van der Waals surface area contributed by atoms with Crippen LogP contribution in [-0.4, -0.2) is 35.0 Å². The van der Waals surface area contributed by atoms with Gasteiger partial charge in [-0.25, -0.2) is 0 Å². The van der Waals surface area contributed by atoms with Crippen molar-refractivity contribution in [1.82, 2.24) is 15.5 Å². The van der Waals surface area contributed by atoms with E-state index in [9.17, 15) is 5.11 Å². The Labute approximate surface area is 116 Å². The average molecular weight is 275 g/mol. The van der Waals surface area contributed by atoms with Crippen LogP contribution in [0, 0.1) is 0 Å². The van der Waals surface area contributed by atoms with Gasteiger partial charge in [0, 0.05) is 13.0 Å². The van der Waals surface area contributed by atoms with Gasteiger partial charge in [-0.1, -0.05) is 17.3 Å². The van der Waals surface area contributed by atoms with Crippen LogP contribution in [0.2, 0.25) is 0 Å². The number of benzene rings is 1. The summed E-state index contributed by atoms with van der Waals surface area (Å²) in [7, 11) is 1.64. The Morgan fingerprint density at radius 1 is 1.50 bits per heavy atom. The van der Waals surface area contributed by atoms with E-state index in [-0.39, 0.29) is 12.1 Å². The van der Waals surface area contributed by atoms with E-state index in [1.165, 1.54) is 0 Å². The number of aliphatic hydroxyl groups excluding tert-OH is 1. The van der Waals surface area contributed by atoms with Gasteiger partial charge in [0.05, 0.1) is 19.3 Å². The van der Waals surface area contributed by atoms with Gasteiger partial charge in [-0.2, -0.15) is 4.98 Å². The number of β-amino-alcohol motifs (C(OH)–C–C–N with tert-alkyl or cyclic N) is 1. The minimum absolute atomic E-state index is 0.0449. The van der Waals surface area contributed by atoms with Crippen LogP contribution in [0.25, 0.3) is 0 Å². The summed E-state index contributed by atoms with van der Waals surface area (Å²) in [6, 6.07) is 7.74. The molecule has 1 aliphatic heterocycles. The first-order valence-corrected chi connectivity index (χ1v) is 6.61. The molecule has 0 saturated carbocycles. The molecular formula is C14H17N3O3. The molecule has 6 heteroatoms. The molecule has 2 N–H and O–H groups in total. The van der Waals surface area contributed by atoms with Crippen LogP contribution < -0.4 is 10.1 Å². The number of hydrogen-bond acceptors (Lipinski definition) is 6. The maximum atomic E-state index is 9.49. The molecule has 0 amide bonds. The Hall–Kier alpha value is -1.92. The lowest BCUT2D eigenvalue weighted by atomic mass is 10.1. The number of methoxy groups -OCH3 is 1. The molecule has 106 valence electrons. The highest BCUT2D eigenvalue weighted by atomic mass is 16.5. The number of aliphatic hydroxyl groups is 1. The fourth-order valence-corrected chi connectivity index (χ4v) is 2.35. The van der Waals surface area contributed by atoms with Crippen molar-refractivity contribution in [1.29, 1.82) is 0 Å². The van der Waals surface area contributed by atoms with Crippen molar-refractivity contribution in [2.75, 3.05) is 13.7 Å². The molecule has 0 bridgehead atoms. The summed E-state index contributed by atoms with van der Waals surface area (Å²) < 4.78 is 10.4. The van der Waals surface area contributed by atoms with Crippen molar-refractivity contribution >= 4 is 0 Å². The predicted molar refractivity (Wildman–Crippen MR) is 71.5 cm³/mol. The zero-order valence-electron chi connectivity index (χ0n) is 11.2. The minimum Gasteiger partial charge on any atom is -0.497 e. The maximum Gasteiger partial charge on any atom is 0.243 e. The molecule has 1 saturated heterocycles. The first kappa shape index (κ1) is 13.1. The zero-order valence-corrected chi connectivity index (χ0v) is 11.2. The fraction of sp³-hybridized carbons (Fsp3) is 0.429. The summed E-state index contributed by atoms with van der Waals surface area (Å²) in [5.74, 6) is 1.99. The van der Waals surface area contributed by atoms with Gasteiger partial charge in [0.2, 0.25) is 5.89 Å². The van der Waals surface area contributed by atoms with Crippen LogP contribution in [0.5, 0.6) is 5.75 Å². The lowest BCUT2D eigenvalue weighted by Gasteiger charge is -2.02. The van der Waals surface area contributed by atoms with Crippen molar-refractivity contribution in [2.45, 2.75) is 25.0 Å². The molecule has 20 heavy (non-hydrogen) atoms. The second-order valence-electron chi connectivity index (χ2n) is 4.93. The molecule has 6 nitrogen and oxygen atoms in total. The number of hydrogen-bond donors (Lipinski definition) is 2. The molecule has 1 aromatic carbocycles. The highest BCUT2D eigenvalue weighted by Gasteiger charge is 2.28. The predicted octanol–water partition coefficient (Wildman–Crippen LogP) is 1.06. The lowest BCUT2D eigenvalue weighted by Crippen LogP contribution is -2.15. The monoisotopic (exact) mass is 275 g/mol. The highest BCUT2D eigenvalue weighted by molar-refractivity contribution is 5.30. The van der Waals surface area contributed by atoms with Crippen molar-refractivity contribution in [3.05, 3.63) is 41.5 Å². The molecular weight excluding hydrogens is 258 g/mol. The van der Waals surface area contributed by atoms with Gasteiger partial charge in [0.25, 0.3) is 0 Å². The van der Waals surface area contributed by atoms with Crippen LogP contribution >= 0.6 is 0 Å². The van der Waals surface area contributed by atoms with E-state index in [0.717, 1.165) is 11.3 Å². The third-order valence-electron chi connectivity index (χ3n) is 3.39. The Balaban J connectivity index is 1.70. The smallest absolute Gasteiger partial charge is 0.243 e. The van der Waals surface area contributed by atoms with Gasteiger partial charge in [-0.15, -0.1) is 0 Å². The van der Waals surface area contributed by atoms with Crippen LogP contribution in [0.4, 0.5) is 0 Å². The first-order valence-electron chi connectivity index (χ1n) is 6.61. The summed E-state index contributed by atoms with van der Waals surface area (Å²) in [5, 5.41) is 16.6. The molecule has 0 spiro atoms. The molecule has 2 heterocycles. The van der Waals surface area contributed by atoms with Gasteiger partial charge in [0.15, 0.2) is 5.82 Å². The molecule has 0 radical (unpaired) electrons. The van der Waals surface area contributed by atoms with Gasteiger partial charge >= 0.3 is 0 Å². The quantitative estimate of drug-likeness (QED) is 0.868. The number of ether oxygens (including phenoxy) is 1. The van der Waals surface area contributed by atoms with E-state index < -0.39 is 0 Å². The van der Waals surface area contributed by atoms with Crippen LogP contribution in [-0.2, 0) is 6.42 Å². The lowest BCUT2D eigenvalue weighted by molar-refractivity contribution is 0.191. The summed E-state index contributed by atoms with van der Waals surface area (Å²) in [5.41, 5.74) is 1.07. The van der Waals surface area contributed by atoms with E-state index in [1.54, 1.807) is 7.11 Å². The van der Waals surface area contributed by atoms with Gasteiger partial charge in [0.1, 0.15) is 5.75 Å². The molecule has 2 atom stereocenters. The second kappa shape index (κ2) is 5.60. The molecule has 0 aliphatic carbocycles. The topological polar surface area (TPSA) is 80.4 Å². The Bertz CT molecular complexity index is 585. The normalized spacial score (nSPS) is 22.1. The summed E-state index contributed by atoms with van der Waals surface area (Å²) in [6.45, 7) is 0.568. The van der Waals surface area contributed by atoms with Gasteiger partial charge in [-0.05, 0) is 24.1 Å². The van der Waals surface area contributed by atoms with Crippen LogP contribution in [0.3, 0.4) is 0 Å². The Morgan fingerprint density at radius 3 is 3.15 bits per heavy atom. The van der Waals surface area contributed by atoms with Crippen molar-refractivity contribution in [2.24, 2.45) is 0 Å². The molecule has 1 aromatic heterocycles. The molecule has 3 rings (SSSR count). The number of nitrogens with one attached hydrogen (secondary N) is 1. The summed E-state index contributed by atoms with van der Waals surface area (Å²) in [4.78, 5) is 4.39. The zero-order chi connectivity index (χ0) is 13.9. The maximum absolute atomic E-state index is 9.49.